The highest BCUT2D eigenvalue weighted by Gasteiger charge is 2.12. The third-order valence-electron chi connectivity index (χ3n) is 2.56. The average Bonchev–Trinajstić information content (AvgIpc) is 2.29. The zero-order valence-electron chi connectivity index (χ0n) is 9.18. The van der Waals surface area contributed by atoms with Crippen molar-refractivity contribution in [1.82, 2.24) is 0 Å². The van der Waals surface area contributed by atoms with Crippen molar-refractivity contribution < 1.29 is 4.79 Å². The summed E-state index contributed by atoms with van der Waals surface area (Å²) in [5.41, 5.74) is 19.9. The second kappa shape index (κ2) is 4.17. The van der Waals surface area contributed by atoms with E-state index in [0.29, 0.717) is 22.5 Å². The van der Waals surface area contributed by atoms with Crippen LogP contribution in [0.5, 0.6) is 0 Å². The molecule has 0 fully saturated rings. The largest absolute Gasteiger partial charge is 0.399 e. The van der Waals surface area contributed by atoms with Crippen LogP contribution >= 0.6 is 0 Å². The number of nitrogen functional groups attached to an aromatic ring is 2. The molecule has 0 heterocycles. The van der Waals surface area contributed by atoms with Crippen LogP contribution in [0.1, 0.15) is 10.4 Å². The molecule has 0 aliphatic carbocycles. The maximum Gasteiger partial charge on any atom is 0.249 e. The Balaban J connectivity index is 2.70. The molecule has 0 aliphatic rings. The molecule has 4 heteroatoms. The van der Waals surface area contributed by atoms with Crippen molar-refractivity contribution in [3.8, 4) is 11.1 Å². The predicted molar refractivity (Wildman–Crippen MR) is 69.2 cm³/mol. The Hall–Kier alpha value is -2.49. The maximum absolute atomic E-state index is 11.4. The number of hydrogen-bond acceptors (Lipinski definition) is 3. The van der Waals surface area contributed by atoms with Gasteiger partial charge in [-0.25, -0.2) is 0 Å². The summed E-state index contributed by atoms with van der Waals surface area (Å²) in [6.45, 7) is 0. The number of benzene rings is 2. The second-order valence-electron chi connectivity index (χ2n) is 3.76. The fourth-order valence-electron chi connectivity index (χ4n) is 1.74. The lowest BCUT2D eigenvalue weighted by Crippen LogP contribution is -2.12. The van der Waals surface area contributed by atoms with E-state index in [-0.39, 0.29) is 0 Å². The number of anilines is 2. The van der Waals surface area contributed by atoms with Gasteiger partial charge >= 0.3 is 0 Å². The molecule has 0 saturated heterocycles. The first-order valence-electron chi connectivity index (χ1n) is 5.14. The summed E-state index contributed by atoms with van der Waals surface area (Å²) in [5, 5.41) is 0. The zero-order chi connectivity index (χ0) is 12.4. The molecule has 1 amide bonds. The van der Waals surface area contributed by atoms with E-state index < -0.39 is 5.91 Å². The molecule has 4 nitrogen and oxygen atoms in total. The van der Waals surface area contributed by atoms with E-state index in [1.165, 1.54) is 0 Å². The van der Waals surface area contributed by atoms with E-state index in [1.807, 2.05) is 18.2 Å². The highest BCUT2D eigenvalue weighted by molar-refractivity contribution is 6.01. The molecule has 2 aromatic carbocycles. The summed E-state index contributed by atoms with van der Waals surface area (Å²) in [6.07, 6.45) is 0. The fraction of sp³-hybridized carbons (Fsp3) is 0. The highest BCUT2D eigenvalue weighted by atomic mass is 16.1. The summed E-state index contributed by atoms with van der Waals surface area (Å²) >= 11 is 0. The Kier molecular flexibility index (Phi) is 2.70. The van der Waals surface area contributed by atoms with Crippen molar-refractivity contribution in [2.45, 2.75) is 0 Å². The summed E-state index contributed by atoms with van der Waals surface area (Å²) in [4.78, 5) is 11.4. The van der Waals surface area contributed by atoms with Crippen molar-refractivity contribution in [3.63, 3.8) is 0 Å². The van der Waals surface area contributed by atoms with Gasteiger partial charge in [0.15, 0.2) is 0 Å². The molecule has 0 aromatic heterocycles. The summed E-state index contributed by atoms with van der Waals surface area (Å²) < 4.78 is 0. The molecule has 2 rings (SSSR count). The topological polar surface area (TPSA) is 95.1 Å². The normalized spacial score (nSPS) is 10.1. The Morgan fingerprint density at radius 3 is 2.29 bits per heavy atom. The molecule has 0 radical (unpaired) electrons. The van der Waals surface area contributed by atoms with Crippen LogP contribution in [0.25, 0.3) is 11.1 Å². The van der Waals surface area contributed by atoms with Crippen molar-refractivity contribution in [2.75, 3.05) is 11.5 Å². The minimum Gasteiger partial charge on any atom is -0.399 e. The van der Waals surface area contributed by atoms with Crippen molar-refractivity contribution in [2.24, 2.45) is 5.73 Å². The predicted octanol–water partition coefficient (Wildman–Crippen LogP) is 1.62. The third-order valence-corrected chi connectivity index (χ3v) is 2.56. The molecule has 2 aromatic rings. The van der Waals surface area contributed by atoms with Gasteiger partial charge in [0.25, 0.3) is 0 Å². The SMILES string of the molecule is NC(=O)c1ccc(N)cc1-c1ccccc1N. The Bertz CT molecular complexity index is 579. The summed E-state index contributed by atoms with van der Waals surface area (Å²) in [5.74, 6) is -0.497. The van der Waals surface area contributed by atoms with Crippen LogP contribution in [0.15, 0.2) is 42.5 Å². The van der Waals surface area contributed by atoms with Gasteiger partial charge in [0.05, 0.1) is 0 Å². The smallest absolute Gasteiger partial charge is 0.249 e. The van der Waals surface area contributed by atoms with Gasteiger partial charge in [-0.15, -0.1) is 0 Å². The lowest BCUT2D eigenvalue weighted by molar-refractivity contribution is 0.100. The zero-order valence-corrected chi connectivity index (χ0v) is 9.18. The Labute approximate surface area is 99.0 Å². The van der Waals surface area contributed by atoms with E-state index in [1.54, 1.807) is 24.3 Å². The first kappa shape index (κ1) is 11.0. The molecule has 6 N–H and O–H groups in total. The lowest BCUT2D eigenvalue weighted by Gasteiger charge is -2.10. The van der Waals surface area contributed by atoms with Gasteiger partial charge < -0.3 is 17.2 Å². The van der Waals surface area contributed by atoms with Crippen molar-refractivity contribution in [1.29, 1.82) is 0 Å². The summed E-state index contributed by atoms with van der Waals surface area (Å²) in [7, 11) is 0. The van der Waals surface area contributed by atoms with Crippen LogP contribution in [0, 0.1) is 0 Å². The number of amides is 1. The molecule has 0 bridgehead atoms. The van der Waals surface area contributed by atoms with E-state index in [9.17, 15) is 4.79 Å². The summed E-state index contributed by atoms with van der Waals surface area (Å²) in [6, 6.07) is 12.2. The quantitative estimate of drug-likeness (QED) is 0.680. The minimum atomic E-state index is -0.497. The van der Waals surface area contributed by atoms with Gasteiger partial charge in [-0.3, -0.25) is 4.79 Å². The Morgan fingerprint density at radius 1 is 0.941 bits per heavy atom. The molecule has 0 saturated carbocycles. The second-order valence-corrected chi connectivity index (χ2v) is 3.76. The highest BCUT2D eigenvalue weighted by Crippen LogP contribution is 2.30. The monoisotopic (exact) mass is 227 g/mol. The van der Waals surface area contributed by atoms with E-state index in [0.717, 1.165) is 5.56 Å². The van der Waals surface area contributed by atoms with E-state index >= 15 is 0 Å². The Morgan fingerprint density at radius 2 is 1.65 bits per heavy atom. The standard InChI is InChI=1S/C13H13N3O/c14-8-5-6-10(13(16)17)11(7-8)9-3-1-2-4-12(9)15/h1-7H,14-15H2,(H2,16,17). The number of nitrogens with two attached hydrogens (primary N) is 3. The maximum atomic E-state index is 11.4. The minimum absolute atomic E-state index is 0.414. The number of rotatable bonds is 2. The van der Waals surface area contributed by atoms with Crippen molar-refractivity contribution >= 4 is 17.3 Å². The molecule has 0 spiro atoms. The average molecular weight is 227 g/mol. The first-order valence-corrected chi connectivity index (χ1v) is 5.14. The van der Waals surface area contributed by atoms with Gasteiger partial charge in [-0.1, -0.05) is 18.2 Å². The molecular weight excluding hydrogens is 214 g/mol. The molecule has 17 heavy (non-hydrogen) atoms. The molecule has 0 aliphatic heterocycles. The number of hydrogen-bond donors (Lipinski definition) is 3. The number of carbonyl (C=O) groups excluding carboxylic acids is 1. The van der Waals surface area contributed by atoms with Gasteiger partial charge in [-0.2, -0.15) is 0 Å². The van der Waals surface area contributed by atoms with Crippen LogP contribution < -0.4 is 17.2 Å². The van der Waals surface area contributed by atoms with Gasteiger partial charge in [0.1, 0.15) is 0 Å². The van der Waals surface area contributed by atoms with Gasteiger partial charge in [0, 0.05) is 22.5 Å². The first-order chi connectivity index (χ1) is 8.09. The van der Waals surface area contributed by atoms with E-state index in [4.69, 9.17) is 17.2 Å². The third kappa shape index (κ3) is 2.06. The van der Waals surface area contributed by atoms with Crippen LogP contribution in [0.2, 0.25) is 0 Å². The molecule has 0 unspecified atom stereocenters. The molecule has 86 valence electrons. The van der Waals surface area contributed by atoms with E-state index in [2.05, 4.69) is 0 Å². The van der Waals surface area contributed by atoms with Crippen LogP contribution in [0.4, 0.5) is 11.4 Å². The molecular formula is C13H13N3O. The van der Waals surface area contributed by atoms with Crippen molar-refractivity contribution in [3.05, 3.63) is 48.0 Å². The van der Waals surface area contributed by atoms with Gasteiger partial charge in [-0.05, 0) is 29.8 Å². The van der Waals surface area contributed by atoms with Crippen LogP contribution in [-0.2, 0) is 0 Å². The number of primary amides is 1. The lowest BCUT2D eigenvalue weighted by atomic mass is 9.97. The van der Waals surface area contributed by atoms with Gasteiger partial charge in [0.2, 0.25) is 5.91 Å². The fourth-order valence-corrected chi connectivity index (χ4v) is 1.74. The number of carbonyl (C=O) groups is 1. The number of para-hydroxylation sites is 1. The van der Waals surface area contributed by atoms with Crippen LogP contribution in [-0.4, -0.2) is 5.91 Å². The van der Waals surface area contributed by atoms with Crippen LogP contribution in [0.3, 0.4) is 0 Å². The molecule has 0 atom stereocenters.